The van der Waals surface area contributed by atoms with Crippen LogP contribution in [-0.2, 0) is 20.7 Å². The van der Waals surface area contributed by atoms with Crippen molar-refractivity contribution in [2.45, 2.75) is 50.1 Å². The van der Waals surface area contributed by atoms with Gasteiger partial charge in [0.15, 0.2) is 0 Å². The molecular weight excluding hydrogens is 408 g/mol. The van der Waals surface area contributed by atoms with Crippen LogP contribution in [0, 0.1) is 0 Å². The van der Waals surface area contributed by atoms with Gasteiger partial charge in [-0.2, -0.15) is 0 Å². The number of hydrogen-bond donors (Lipinski definition) is 1. The molecule has 0 atom stereocenters. The van der Waals surface area contributed by atoms with E-state index >= 15 is 0 Å². The average molecular weight is 443 g/mol. The van der Waals surface area contributed by atoms with Crippen molar-refractivity contribution in [1.82, 2.24) is 20.0 Å². The highest BCUT2D eigenvalue weighted by molar-refractivity contribution is 6.07. The first-order valence-electron chi connectivity index (χ1n) is 11.7. The van der Waals surface area contributed by atoms with Crippen molar-refractivity contribution in [3.05, 3.63) is 35.9 Å². The Labute approximate surface area is 189 Å². The number of likely N-dealkylation sites (tertiary alicyclic amines) is 2. The number of carbonyl (C=O) groups excluding carboxylic acids is 3. The minimum atomic E-state index is -0.758. The molecule has 8 heteroatoms. The minimum absolute atomic E-state index is 0.0712. The molecule has 0 saturated carbocycles. The van der Waals surface area contributed by atoms with Crippen LogP contribution < -0.4 is 5.32 Å². The number of nitrogens with zero attached hydrogens (tertiary/aromatic N) is 3. The second kappa shape index (κ2) is 10.0. The summed E-state index contributed by atoms with van der Waals surface area (Å²) in [7, 11) is 1.58. The van der Waals surface area contributed by atoms with Crippen molar-refractivity contribution >= 4 is 17.8 Å². The molecule has 1 N–H and O–H groups in total. The number of nitrogens with one attached hydrogen (secondary N) is 1. The lowest BCUT2D eigenvalue weighted by atomic mass is 9.86. The zero-order valence-corrected chi connectivity index (χ0v) is 18.9. The highest BCUT2D eigenvalue weighted by Crippen LogP contribution is 2.32. The number of piperidine rings is 2. The summed E-state index contributed by atoms with van der Waals surface area (Å²) in [6.07, 6.45) is 3.93. The van der Waals surface area contributed by atoms with Gasteiger partial charge in [0.25, 0.3) is 5.91 Å². The van der Waals surface area contributed by atoms with Gasteiger partial charge in [0.1, 0.15) is 5.54 Å². The lowest BCUT2D eigenvalue weighted by Gasteiger charge is -2.38. The molecule has 3 heterocycles. The molecule has 1 spiro atoms. The summed E-state index contributed by atoms with van der Waals surface area (Å²) < 4.78 is 4.99. The van der Waals surface area contributed by atoms with E-state index in [2.05, 4.69) is 34.5 Å². The smallest absolute Gasteiger partial charge is 0.325 e. The van der Waals surface area contributed by atoms with Gasteiger partial charge in [-0.15, -0.1) is 0 Å². The molecule has 3 aliphatic rings. The van der Waals surface area contributed by atoms with Gasteiger partial charge >= 0.3 is 6.03 Å². The molecule has 1 aromatic rings. The normalized spacial score (nSPS) is 21.9. The lowest BCUT2D eigenvalue weighted by molar-refractivity contribution is -0.136. The molecular formula is C24H34N4O4. The molecule has 0 aromatic heterocycles. The topological polar surface area (TPSA) is 82.2 Å². The number of amides is 4. The fraction of sp³-hybridized carbons (Fsp3) is 0.625. The predicted molar refractivity (Wildman–Crippen MR) is 120 cm³/mol. The zero-order chi connectivity index (χ0) is 22.6. The van der Waals surface area contributed by atoms with E-state index in [1.54, 1.807) is 7.11 Å². The highest BCUT2D eigenvalue weighted by atomic mass is 16.5. The monoisotopic (exact) mass is 442 g/mol. The van der Waals surface area contributed by atoms with Crippen LogP contribution in [0.4, 0.5) is 4.79 Å². The number of rotatable bonds is 7. The van der Waals surface area contributed by atoms with E-state index in [4.69, 9.17) is 4.74 Å². The van der Waals surface area contributed by atoms with Crippen LogP contribution in [0.2, 0.25) is 0 Å². The maximum atomic E-state index is 13.4. The Morgan fingerprint density at radius 2 is 1.78 bits per heavy atom. The molecule has 0 aliphatic carbocycles. The van der Waals surface area contributed by atoms with Crippen molar-refractivity contribution in [1.29, 1.82) is 0 Å². The number of hydrogen-bond acceptors (Lipinski definition) is 5. The van der Waals surface area contributed by atoms with Gasteiger partial charge in [-0.3, -0.25) is 14.5 Å². The Morgan fingerprint density at radius 1 is 1.09 bits per heavy atom. The van der Waals surface area contributed by atoms with E-state index < -0.39 is 5.54 Å². The summed E-state index contributed by atoms with van der Waals surface area (Å²) in [4.78, 5) is 44.0. The maximum absolute atomic E-state index is 13.4. The Bertz CT molecular complexity index is 815. The quantitative estimate of drug-likeness (QED) is 0.650. The van der Waals surface area contributed by atoms with Crippen LogP contribution in [0.3, 0.4) is 0 Å². The van der Waals surface area contributed by atoms with Crippen LogP contribution in [-0.4, -0.2) is 90.6 Å². The van der Waals surface area contributed by atoms with E-state index in [1.165, 1.54) is 10.5 Å². The number of ether oxygens (including phenoxy) is 1. The van der Waals surface area contributed by atoms with E-state index in [1.807, 2.05) is 11.0 Å². The van der Waals surface area contributed by atoms with Crippen molar-refractivity contribution in [2.24, 2.45) is 0 Å². The summed E-state index contributed by atoms with van der Waals surface area (Å²) in [6, 6.07) is 10.0. The molecule has 174 valence electrons. The summed E-state index contributed by atoms with van der Waals surface area (Å²) in [5.41, 5.74) is 0.558. The molecule has 3 saturated heterocycles. The third-order valence-electron chi connectivity index (χ3n) is 7.16. The molecule has 1 aromatic carbocycles. The number of imide groups is 1. The number of carbonyl (C=O) groups is 3. The molecule has 3 aliphatic heterocycles. The average Bonchev–Trinajstić information content (AvgIpc) is 3.06. The van der Waals surface area contributed by atoms with Gasteiger partial charge in [-0.1, -0.05) is 30.3 Å². The third-order valence-corrected chi connectivity index (χ3v) is 7.16. The van der Waals surface area contributed by atoms with Crippen molar-refractivity contribution in [3.8, 4) is 0 Å². The number of urea groups is 1. The van der Waals surface area contributed by atoms with Crippen LogP contribution in [0.5, 0.6) is 0 Å². The summed E-state index contributed by atoms with van der Waals surface area (Å²) in [6.45, 7) is 4.13. The van der Waals surface area contributed by atoms with Gasteiger partial charge < -0.3 is 19.9 Å². The van der Waals surface area contributed by atoms with Gasteiger partial charge in [0.05, 0.1) is 13.0 Å². The van der Waals surface area contributed by atoms with Gasteiger partial charge in [0, 0.05) is 45.9 Å². The minimum Gasteiger partial charge on any atom is -0.384 e. The van der Waals surface area contributed by atoms with Crippen LogP contribution >= 0.6 is 0 Å². The van der Waals surface area contributed by atoms with E-state index in [0.717, 1.165) is 26.1 Å². The third kappa shape index (κ3) is 4.81. The lowest BCUT2D eigenvalue weighted by Crippen LogP contribution is -2.56. The second-order valence-electron chi connectivity index (χ2n) is 9.12. The van der Waals surface area contributed by atoms with Crippen LogP contribution in [0.1, 0.15) is 37.7 Å². The summed E-state index contributed by atoms with van der Waals surface area (Å²) in [5.74, 6) is -0.00351. The Morgan fingerprint density at radius 3 is 2.44 bits per heavy atom. The maximum Gasteiger partial charge on any atom is 0.325 e. The van der Waals surface area contributed by atoms with Crippen LogP contribution in [0.25, 0.3) is 0 Å². The Balaban J connectivity index is 1.28. The van der Waals surface area contributed by atoms with Crippen molar-refractivity contribution in [2.75, 3.05) is 46.4 Å². The summed E-state index contributed by atoms with van der Waals surface area (Å²) >= 11 is 0. The van der Waals surface area contributed by atoms with E-state index in [0.29, 0.717) is 51.8 Å². The molecule has 0 unspecified atom stereocenters. The molecule has 0 radical (unpaired) electrons. The standard InChI is InChI=1S/C24H34N4O4/c1-32-18-10-21(29)27-14-8-20(9-15-27)28-22(30)24(25-23(28)31)11-16-26(17-12-24)13-7-19-5-3-2-4-6-19/h2-6,20H,7-18H2,1H3,(H,25,31). The molecule has 32 heavy (non-hydrogen) atoms. The molecule has 8 nitrogen and oxygen atoms in total. The van der Waals surface area contributed by atoms with Crippen molar-refractivity contribution in [3.63, 3.8) is 0 Å². The fourth-order valence-corrected chi connectivity index (χ4v) is 5.12. The van der Waals surface area contributed by atoms with E-state index in [9.17, 15) is 14.4 Å². The molecule has 3 fully saturated rings. The second-order valence-corrected chi connectivity index (χ2v) is 9.12. The first kappa shape index (κ1) is 22.7. The number of benzene rings is 1. The zero-order valence-electron chi connectivity index (χ0n) is 18.9. The first-order valence-corrected chi connectivity index (χ1v) is 11.7. The van der Waals surface area contributed by atoms with E-state index in [-0.39, 0.29) is 23.9 Å². The molecule has 4 amide bonds. The number of methoxy groups -OCH3 is 1. The van der Waals surface area contributed by atoms with Crippen molar-refractivity contribution < 1.29 is 19.1 Å². The Kier molecular flexibility index (Phi) is 7.10. The highest BCUT2D eigenvalue weighted by Gasteiger charge is 2.54. The molecule has 0 bridgehead atoms. The molecule has 4 rings (SSSR count). The fourth-order valence-electron chi connectivity index (χ4n) is 5.12. The predicted octanol–water partition coefficient (Wildman–Crippen LogP) is 1.64. The Hall–Kier alpha value is -2.45. The summed E-state index contributed by atoms with van der Waals surface area (Å²) in [5, 5.41) is 3.04. The van der Waals surface area contributed by atoms with Gasteiger partial charge in [-0.25, -0.2) is 4.79 Å². The van der Waals surface area contributed by atoms with Gasteiger partial charge in [0.2, 0.25) is 5.91 Å². The largest absolute Gasteiger partial charge is 0.384 e. The van der Waals surface area contributed by atoms with Gasteiger partial charge in [-0.05, 0) is 37.7 Å². The first-order chi connectivity index (χ1) is 15.5. The SMILES string of the molecule is COCCC(=O)N1CCC(N2C(=O)NC3(CCN(CCc4ccccc4)CC3)C2=O)CC1. The van der Waals surface area contributed by atoms with Crippen LogP contribution in [0.15, 0.2) is 30.3 Å².